The first kappa shape index (κ1) is 29.6. The maximum absolute atomic E-state index is 13.6. The molecule has 1 aliphatic heterocycles. The van der Waals surface area contributed by atoms with Crippen LogP contribution in [0.4, 0.5) is 42.6 Å². The average Bonchev–Trinajstić information content (AvgIpc) is 3.18. The predicted molar refractivity (Wildman–Crippen MR) is 138 cm³/mol. The van der Waals surface area contributed by atoms with E-state index in [0.717, 1.165) is 0 Å². The second kappa shape index (κ2) is 11.2. The summed E-state index contributed by atoms with van der Waals surface area (Å²) in [5.41, 5.74) is -1.30. The van der Waals surface area contributed by atoms with Crippen molar-refractivity contribution in [2.75, 3.05) is 16.3 Å². The van der Waals surface area contributed by atoms with E-state index in [4.69, 9.17) is 16.3 Å². The van der Waals surface area contributed by atoms with Crippen LogP contribution in [0.5, 0.6) is 0 Å². The molecule has 13 heteroatoms. The van der Waals surface area contributed by atoms with Gasteiger partial charge in [0.05, 0.1) is 29.0 Å². The van der Waals surface area contributed by atoms with Crippen molar-refractivity contribution in [3.8, 4) is 0 Å². The quantitative estimate of drug-likeness (QED) is 0.305. The number of H-pyrrole nitrogens is 1. The highest BCUT2D eigenvalue weighted by atomic mass is 35.5. The number of amides is 1. The van der Waals surface area contributed by atoms with Crippen LogP contribution < -0.4 is 9.80 Å². The van der Waals surface area contributed by atoms with E-state index >= 15 is 0 Å². The second-order valence-corrected chi connectivity index (χ2v) is 10.3. The monoisotopic (exact) mass is 588 g/mol. The molecule has 2 aromatic carbocycles. The van der Waals surface area contributed by atoms with Gasteiger partial charge in [-0.2, -0.15) is 31.4 Å². The molecule has 1 amide bonds. The summed E-state index contributed by atoms with van der Waals surface area (Å²) in [6.07, 6.45) is -10.1. The Balaban J connectivity index is 1.84. The number of carbonyl (C=O) groups excluding carboxylic acids is 1. The van der Waals surface area contributed by atoms with Crippen molar-refractivity contribution in [1.82, 2.24) is 10.2 Å². The normalized spacial score (nSPS) is 16.1. The van der Waals surface area contributed by atoms with Crippen LogP contribution in [0.3, 0.4) is 0 Å². The van der Waals surface area contributed by atoms with Gasteiger partial charge in [0.1, 0.15) is 0 Å². The van der Waals surface area contributed by atoms with Crippen LogP contribution in [0.2, 0.25) is 5.02 Å². The number of hydrogen-bond donors (Lipinski definition) is 1. The maximum Gasteiger partial charge on any atom is 0.416 e. The lowest BCUT2D eigenvalue weighted by atomic mass is 9.98. The van der Waals surface area contributed by atoms with E-state index in [1.54, 1.807) is 49.9 Å². The summed E-state index contributed by atoms with van der Waals surface area (Å²) in [5, 5.41) is 7.40. The highest BCUT2D eigenvalue weighted by Crippen LogP contribution is 2.42. The molecule has 1 unspecified atom stereocenters. The van der Waals surface area contributed by atoms with Gasteiger partial charge in [-0.25, -0.2) is 4.79 Å². The number of rotatable bonds is 5. The van der Waals surface area contributed by atoms with Crippen molar-refractivity contribution in [1.29, 1.82) is 0 Å². The summed E-state index contributed by atoms with van der Waals surface area (Å²) in [4.78, 5) is 16.0. The Hall–Kier alpha value is -3.41. The van der Waals surface area contributed by atoms with Gasteiger partial charge in [0.25, 0.3) is 0 Å². The lowest BCUT2D eigenvalue weighted by molar-refractivity contribution is -0.143. The predicted octanol–water partition coefficient (Wildman–Crippen LogP) is 8.30. The first-order valence-corrected chi connectivity index (χ1v) is 12.9. The van der Waals surface area contributed by atoms with Crippen LogP contribution in [0.25, 0.3) is 0 Å². The average molecular weight is 589 g/mol. The molecule has 3 aromatic rings. The van der Waals surface area contributed by atoms with Gasteiger partial charge < -0.3 is 9.64 Å². The van der Waals surface area contributed by atoms with Gasteiger partial charge in [-0.3, -0.25) is 10.00 Å². The first-order chi connectivity index (χ1) is 18.6. The number of benzene rings is 2. The number of carbonyl (C=O) groups is 1. The SMILES string of the molecule is Cc1cc(N(Cc2cc(C(F)(F)F)cc(C(F)(F)F)c2)C2CCCN(C(=O)OC(C)C)c3cc(Cl)ccc32)n[nH]1. The van der Waals surface area contributed by atoms with Gasteiger partial charge >= 0.3 is 18.4 Å². The summed E-state index contributed by atoms with van der Waals surface area (Å²) in [7, 11) is 0. The Kier molecular flexibility index (Phi) is 8.30. The first-order valence-electron chi connectivity index (χ1n) is 12.5. The molecule has 0 saturated heterocycles. The molecule has 0 aliphatic carbocycles. The fourth-order valence-electron chi connectivity index (χ4n) is 4.74. The summed E-state index contributed by atoms with van der Waals surface area (Å²) in [6, 6.07) is 7.53. The molecule has 0 spiro atoms. The van der Waals surface area contributed by atoms with Gasteiger partial charge in [-0.1, -0.05) is 17.7 Å². The summed E-state index contributed by atoms with van der Waals surface area (Å²) in [5.74, 6) is 0.326. The zero-order valence-electron chi connectivity index (χ0n) is 21.8. The molecular weight excluding hydrogens is 562 g/mol. The molecule has 4 rings (SSSR count). The molecule has 0 radical (unpaired) electrons. The lowest BCUT2D eigenvalue weighted by Crippen LogP contribution is -2.34. The number of fused-ring (bicyclic) bond motifs is 1. The minimum atomic E-state index is -4.98. The number of anilines is 2. The Bertz CT molecular complexity index is 1340. The number of aromatic amines is 1. The van der Waals surface area contributed by atoms with Crippen molar-refractivity contribution in [3.63, 3.8) is 0 Å². The van der Waals surface area contributed by atoms with Gasteiger partial charge in [-0.05, 0) is 75.1 Å². The van der Waals surface area contributed by atoms with E-state index in [1.807, 2.05) is 0 Å². The zero-order chi connectivity index (χ0) is 29.4. The number of alkyl halides is 6. The topological polar surface area (TPSA) is 61.5 Å². The van der Waals surface area contributed by atoms with Gasteiger partial charge in [0, 0.05) is 29.9 Å². The number of nitrogens with zero attached hydrogens (tertiary/aromatic N) is 3. The molecule has 216 valence electrons. The number of aromatic nitrogens is 2. The van der Waals surface area contributed by atoms with E-state index in [2.05, 4.69) is 10.2 Å². The third-order valence-electron chi connectivity index (χ3n) is 6.42. The van der Waals surface area contributed by atoms with E-state index in [9.17, 15) is 31.1 Å². The molecule has 1 aromatic heterocycles. The summed E-state index contributed by atoms with van der Waals surface area (Å²) in [6.45, 7) is 5.10. The van der Waals surface area contributed by atoms with E-state index in [1.165, 1.54) is 4.90 Å². The van der Waals surface area contributed by atoms with Crippen LogP contribution in [0.15, 0.2) is 42.5 Å². The van der Waals surface area contributed by atoms with Crippen molar-refractivity contribution in [2.24, 2.45) is 0 Å². The number of nitrogens with one attached hydrogen (secondary N) is 1. The molecule has 0 fully saturated rings. The molecule has 40 heavy (non-hydrogen) atoms. The fraction of sp³-hybridized carbons (Fsp3) is 0.407. The molecule has 1 aliphatic rings. The van der Waals surface area contributed by atoms with Crippen LogP contribution in [0.1, 0.15) is 60.7 Å². The third kappa shape index (κ3) is 6.65. The Morgan fingerprint density at radius 1 is 1.10 bits per heavy atom. The van der Waals surface area contributed by atoms with Crippen LogP contribution in [0, 0.1) is 6.92 Å². The number of halogens is 7. The smallest absolute Gasteiger partial charge is 0.416 e. The standard InChI is InChI=1S/C27H27ClF6N4O2/c1-15(2)40-25(39)37-8-4-5-22(21-7-6-20(28)13-23(21)37)38(24-9-16(3)35-36-24)14-17-10-18(26(29,30)31)12-19(11-17)27(32,33)34/h6-7,9-13,15,22H,4-5,8,14H2,1-3H3,(H,35,36). The number of ether oxygens (including phenoxy) is 1. The fourth-order valence-corrected chi connectivity index (χ4v) is 4.90. The largest absolute Gasteiger partial charge is 0.446 e. The lowest BCUT2D eigenvalue weighted by Gasteiger charge is -2.33. The van der Waals surface area contributed by atoms with Crippen LogP contribution in [-0.2, 0) is 23.6 Å². The molecule has 0 bridgehead atoms. The molecule has 6 nitrogen and oxygen atoms in total. The third-order valence-corrected chi connectivity index (χ3v) is 6.66. The van der Waals surface area contributed by atoms with Gasteiger partial charge in [0.2, 0.25) is 0 Å². The molecular formula is C27H27ClF6N4O2. The Morgan fingerprint density at radius 3 is 2.30 bits per heavy atom. The molecule has 1 atom stereocenters. The Labute approximate surface area is 231 Å². The maximum atomic E-state index is 13.6. The van der Waals surface area contributed by atoms with Crippen molar-refractivity contribution < 1.29 is 35.9 Å². The van der Waals surface area contributed by atoms with Gasteiger partial charge in [0.15, 0.2) is 5.82 Å². The van der Waals surface area contributed by atoms with Crippen molar-refractivity contribution >= 4 is 29.2 Å². The highest BCUT2D eigenvalue weighted by Gasteiger charge is 2.38. The van der Waals surface area contributed by atoms with E-state index in [0.29, 0.717) is 52.8 Å². The zero-order valence-corrected chi connectivity index (χ0v) is 22.6. The number of aryl methyl sites for hydroxylation is 1. The highest BCUT2D eigenvalue weighted by molar-refractivity contribution is 6.31. The van der Waals surface area contributed by atoms with Gasteiger partial charge in [-0.15, -0.1) is 0 Å². The van der Waals surface area contributed by atoms with E-state index in [-0.39, 0.29) is 30.8 Å². The number of hydrogen-bond acceptors (Lipinski definition) is 4. The second-order valence-electron chi connectivity index (χ2n) is 9.90. The van der Waals surface area contributed by atoms with E-state index < -0.39 is 35.6 Å². The van der Waals surface area contributed by atoms with Crippen molar-refractivity contribution in [3.05, 3.63) is 75.4 Å². The van der Waals surface area contributed by atoms with Crippen LogP contribution >= 0.6 is 11.6 Å². The minimum absolute atomic E-state index is 0.105. The summed E-state index contributed by atoms with van der Waals surface area (Å²) < 4.78 is 87.0. The Morgan fingerprint density at radius 2 is 1.75 bits per heavy atom. The molecule has 2 heterocycles. The minimum Gasteiger partial charge on any atom is -0.446 e. The van der Waals surface area contributed by atoms with Crippen molar-refractivity contribution in [2.45, 2.75) is 64.7 Å². The van der Waals surface area contributed by atoms with Crippen LogP contribution in [-0.4, -0.2) is 28.9 Å². The summed E-state index contributed by atoms with van der Waals surface area (Å²) >= 11 is 6.28. The molecule has 0 saturated carbocycles. The molecule has 1 N–H and O–H groups in total.